The van der Waals surface area contributed by atoms with Crippen LogP contribution in [0.4, 0.5) is 12.9 Å². The van der Waals surface area contributed by atoms with Gasteiger partial charge in [-0.1, -0.05) is 19.7 Å². The number of rotatable bonds is 1. The topological polar surface area (TPSA) is 17.1 Å². The summed E-state index contributed by atoms with van der Waals surface area (Å²) in [5, 5.41) is 0. The predicted molar refractivity (Wildman–Crippen MR) is 40.9 cm³/mol. The maximum absolute atomic E-state index is 12.3. The summed E-state index contributed by atoms with van der Waals surface area (Å²) in [6.45, 7) is -1.83. The summed E-state index contributed by atoms with van der Waals surface area (Å²) in [7, 11) is 0. The molecule has 1 atom stereocenters. The highest BCUT2D eigenvalue weighted by Gasteiger charge is 2.49. The fraction of sp³-hybridized carbons (Fsp3) is 0.857. The molecule has 0 aromatic carbocycles. The van der Waals surface area contributed by atoms with E-state index in [1.165, 1.54) is 13.8 Å². The Labute approximate surface area is 69.4 Å². The van der Waals surface area contributed by atoms with Crippen molar-refractivity contribution in [3.63, 3.8) is 0 Å². The van der Waals surface area contributed by atoms with Crippen LogP contribution in [0.3, 0.4) is 0 Å². The minimum Gasteiger partial charge on any atom is -0.449 e. The van der Waals surface area contributed by atoms with E-state index in [4.69, 9.17) is 0 Å². The normalized spacial score (nSPS) is 29.4. The van der Waals surface area contributed by atoms with Crippen LogP contribution in [0.1, 0.15) is 26.7 Å². The van der Waals surface area contributed by atoms with Gasteiger partial charge in [-0.3, -0.25) is 4.79 Å². The molecule has 0 bridgehead atoms. The van der Waals surface area contributed by atoms with Crippen LogP contribution in [0.25, 0.3) is 0 Å². The molecule has 5 heteroatoms. The van der Waals surface area contributed by atoms with Crippen LogP contribution >= 0.6 is 0 Å². The Balaban J connectivity index is 2.86. The smallest absolute Gasteiger partial charge is 0.449 e. The van der Waals surface area contributed by atoms with E-state index in [0.29, 0.717) is 0 Å². The van der Waals surface area contributed by atoms with Crippen molar-refractivity contribution in [1.29, 1.82) is 0 Å². The molecule has 1 unspecified atom stereocenters. The fourth-order valence-electron chi connectivity index (χ4n) is 1.88. The van der Waals surface area contributed by atoms with Crippen LogP contribution < -0.4 is 0 Å². The van der Waals surface area contributed by atoms with Crippen molar-refractivity contribution in [2.45, 2.75) is 32.5 Å². The first kappa shape index (κ1) is 9.61. The SMILES string of the molecule is CC1(C)CC(=O)CC1[B-](F)(F)F. The molecular weight excluding hydrogens is 168 g/mol. The lowest BCUT2D eigenvalue weighted by molar-refractivity contribution is -0.117. The second-order valence-corrected chi connectivity index (χ2v) is 4.14. The van der Waals surface area contributed by atoms with E-state index in [0.717, 1.165) is 0 Å². The number of ketones is 1. The Kier molecular flexibility index (Phi) is 2.01. The summed E-state index contributed by atoms with van der Waals surface area (Å²) in [6.07, 6.45) is -0.241. The van der Waals surface area contributed by atoms with Crippen molar-refractivity contribution >= 4 is 12.8 Å². The van der Waals surface area contributed by atoms with Crippen LogP contribution in [-0.2, 0) is 4.79 Å². The molecule has 0 aliphatic heterocycles. The molecule has 1 fully saturated rings. The van der Waals surface area contributed by atoms with E-state index in [1.807, 2.05) is 0 Å². The Morgan fingerprint density at radius 3 is 2.08 bits per heavy atom. The van der Waals surface area contributed by atoms with Gasteiger partial charge in [0.2, 0.25) is 0 Å². The monoisotopic (exact) mass is 179 g/mol. The molecule has 0 saturated heterocycles. The minimum absolute atomic E-state index is 0.0684. The summed E-state index contributed by atoms with van der Waals surface area (Å²) in [5.74, 6) is -1.64. The lowest BCUT2D eigenvalue weighted by Crippen LogP contribution is -2.31. The van der Waals surface area contributed by atoms with Crippen LogP contribution in [0.15, 0.2) is 0 Å². The minimum atomic E-state index is -4.85. The van der Waals surface area contributed by atoms with Crippen LogP contribution in [0, 0.1) is 5.41 Å². The van der Waals surface area contributed by atoms with Crippen molar-refractivity contribution < 1.29 is 17.7 Å². The van der Waals surface area contributed by atoms with E-state index < -0.39 is 18.2 Å². The Morgan fingerprint density at radius 2 is 1.92 bits per heavy atom. The highest BCUT2D eigenvalue weighted by Crippen LogP contribution is 2.51. The van der Waals surface area contributed by atoms with Gasteiger partial charge in [-0.05, 0) is 11.8 Å². The zero-order valence-corrected chi connectivity index (χ0v) is 7.11. The van der Waals surface area contributed by atoms with E-state index in [2.05, 4.69) is 0 Å². The van der Waals surface area contributed by atoms with Gasteiger partial charge < -0.3 is 12.9 Å². The van der Waals surface area contributed by atoms with E-state index in [1.54, 1.807) is 0 Å². The van der Waals surface area contributed by atoms with Crippen molar-refractivity contribution in [2.75, 3.05) is 0 Å². The van der Waals surface area contributed by atoms with Gasteiger partial charge in [0.15, 0.2) is 0 Å². The quantitative estimate of drug-likeness (QED) is 0.565. The molecule has 0 aromatic heterocycles. The third-order valence-corrected chi connectivity index (χ3v) is 2.56. The van der Waals surface area contributed by atoms with Crippen molar-refractivity contribution in [3.8, 4) is 0 Å². The first-order valence-electron chi connectivity index (χ1n) is 3.95. The van der Waals surface area contributed by atoms with Crippen molar-refractivity contribution in [1.82, 2.24) is 0 Å². The highest BCUT2D eigenvalue weighted by molar-refractivity contribution is 6.61. The van der Waals surface area contributed by atoms with Gasteiger partial charge in [0.1, 0.15) is 5.78 Å². The maximum atomic E-state index is 12.3. The molecule has 0 amide bonds. The second-order valence-electron chi connectivity index (χ2n) is 4.14. The average molecular weight is 179 g/mol. The third-order valence-electron chi connectivity index (χ3n) is 2.56. The Bertz CT molecular complexity index is 209. The zero-order chi connectivity index (χ0) is 9.57. The van der Waals surface area contributed by atoms with Gasteiger partial charge >= 0.3 is 6.98 Å². The summed E-state index contributed by atoms with van der Waals surface area (Å²) >= 11 is 0. The second kappa shape index (κ2) is 2.50. The Morgan fingerprint density at radius 1 is 1.42 bits per heavy atom. The molecule has 0 heterocycles. The van der Waals surface area contributed by atoms with E-state index in [9.17, 15) is 17.7 Å². The first-order chi connectivity index (χ1) is 5.23. The molecular formula is C7H11BF3O-. The largest absolute Gasteiger partial charge is 0.482 e. The molecule has 0 aromatic rings. The van der Waals surface area contributed by atoms with Crippen LogP contribution in [-0.4, -0.2) is 12.8 Å². The molecule has 1 aliphatic carbocycles. The van der Waals surface area contributed by atoms with Gasteiger partial charge in [0, 0.05) is 6.42 Å². The molecule has 1 rings (SSSR count). The summed E-state index contributed by atoms with van der Waals surface area (Å²) in [5.41, 5.74) is -0.880. The molecule has 70 valence electrons. The van der Waals surface area contributed by atoms with Gasteiger partial charge in [-0.2, -0.15) is 0 Å². The number of halogens is 3. The standard InChI is InChI=1S/C7H11BF3O/c1-7(2)4-5(12)3-6(7)8(9,10)11/h6H,3-4H2,1-2H3/q-1. The van der Waals surface area contributed by atoms with Gasteiger partial charge in [-0.15, -0.1) is 0 Å². The highest BCUT2D eigenvalue weighted by atomic mass is 19.4. The third kappa shape index (κ3) is 1.64. The average Bonchev–Trinajstić information content (AvgIpc) is 2.02. The number of carbonyl (C=O) groups excluding carboxylic acids is 1. The molecule has 1 aliphatic rings. The van der Waals surface area contributed by atoms with E-state index in [-0.39, 0.29) is 18.6 Å². The number of hydrogen-bond donors (Lipinski definition) is 0. The fourth-order valence-corrected chi connectivity index (χ4v) is 1.88. The van der Waals surface area contributed by atoms with Gasteiger partial charge in [0.25, 0.3) is 0 Å². The molecule has 0 N–H and O–H groups in total. The number of Topliss-reactive ketones (excluding diaryl/α,β-unsaturated/α-hetero) is 1. The van der Waals surface area contributed by atoms with Crippen molar-refractivity contribution in [3.05, 3.63) is 0 Å². The molecule has 1 saturated carbocycles. The van der Waals surface area contributed by atoms with Gasteiger partial charge in [-0.25, -0.2) is 0 Å². The van der Waals surface area contributed by atoms with Crippen LogP contribution in [0.5, 0.6) is 0 Å². The lowest BCUT2D eigenvalue weighted by Gasteiger charge is -2.33. The summed E-state index contributed by atoms with van der Waals surface area (Å²) in [4.78, 5) is 10.8. The summed E-state index contributed by atoms with van der Waals surface area (Å²) < 4.78 is 37.0. The Hall–Kier alpha value is -0.475. The molecule has 1 nitrogen and oxygen atoms in total. The maximum Gasteiger partial charge on any atom is 0.482 e. The zero-order valence-electron chi connectivity index (χ0n) is 7.11. The molecule has 0 radical (unpaired) electrons. The number of carbonyl (C=O) groups is 1. The summed E-state index contributed by atoms with van der Waals surface area (Å²) in [6, 6.07) is 0. The lowest BCUT2D eigenvalue weighted by atomic mass is 9.61. The first-order valence-corrected chi connectivity index (χ1v) is 3.95. The molecule has 0 spiro atoms. The van der Waals surface area contributed by atoms with E-state index >= 15 is 0 Å². The predicted octanol–water partition coefficient (Wildman–Crippen LogP) is 2.59. The van der Waals surface area contributed by atoms with Crippen molar-refractivity contribution in [2.24, 2.45) is 5.41 Å². The number of hydrogen-bond acceptors (Lipinski definition) is 1. The van der Waals surface area contributed by atoms with Crippen LogP contribution in [0.2, 0.25) is 5.82 Å². The van der Waals surface area contributed by atoms with Gasteiger partial charge in [0.05, 0.1) is 0 Å². The molecule has 12 heavy (non-hydrogen) atoms.